The van der Waals surface area contributed by atoms with E-state index in [4.69, 9.17) is 0 Å². The van der Waals surface area contributed by atoms with E-state index in [0.717, 1.165) is 0 Å². The topological polar surface area (TPSA) is 37.1 Å². The molecule has 0 aromatic rings. The predicted octanol–water partition coefficient (Wildman–Crippen LogP) is 1.19. The fraction of sp³-hybridized carbons (Fsp3) is 0.571. The first-order chi connectivity index (χ1) is 4.62. The summed E-state index contributed by atoms with van der Waals surface area (Å²) in [6.07, 6.45) is 3.19. The van der Waals surface area contributed by atoms with Crippen molar-refractivity contribution < 1.29 is 0 Å². The fourth-order valence-corrected chi connectivity index (χ4v) is 0.539. The molecule has 0 aliphatic heterocycles. The van der Waals surface area contributed by atoms with E-state index >= 15 is 0 Å². The van der Waals surface area contributed by atoms with Crippen molar-refractivity contribution in [2.75, 3.05) is 7.05 Å². The Morgan fingerprint density at radius 3 is 2.40 bits per heavy atom. The van der Waals surface area contributed by atoms with E-state index in [1.165, 1.54) is 6.34 Å². The molecule has 0 aliphatic carbocycles. The maximum atomic E-state index is 4.06. The van der Waals surface area contributed by atoms with Gasteiger partial charge in [-0.3, -0.25) is 15.0 Å². The average molecular weight is 139 g/mol. The highest BCUT2D eigenvalue weighted by Gasteiger charge is 2.09. The summed E-state index contributed by atoms with van der Waals surface area (Å²) in [6, 6.07) is 0. The average Bonchev–Trinajstić information content (AvgIpc) is 1.84. The first-order valence-electron chi connectivity index (χ1n) is 3.05. The lowest BCUT2D eigenvalue weighted by Crippen LogP contribution is -2.18. The molecule has 0 fully saturated rings. The van der Waals surface area contributed by atoms with Gasteiger partial charge >= 0.3 is 0 Å². The van der Waals surface area contributed by atoms with E-state index in [1.54, 1.807) is 13.3 Å². The molecule has 0 bridgehead atoms. The number of nitrogens with zero attached hydrogens (tertiary/aromatic N) is 3. The summed E-state index contributed by atoms with van der Waals surface area (Å²) in [5.74, 6) is 0. The molecule has 0 rings (SSSR count). The Morgan fingerprint density at radius 1 is 1.40 bits per heavy atom. The van der Waals surface area contributed by atoms with Crippen molar-refractivity contribution in [3.8, 4) is 0 Å². The van der Waals surface area contributed by atoms with Gasteiger partial charge in [-0.1, -0.05) is 0 Å². The lowest BCUT2D eigenvalue weighted by molar-refractivity contribution is 0.719. The SMILES string of the molecule is C=NC=NC(C)(C)C=NC. The lowest BCUT2D eigenvalue weighted by atomic mass is 10.1. The molecular formula is C7H13N3. The Labute approximate surface area is 61.6 Å². The molecule has 0 N–H and O–H groups in total. The number of aliphatic imine (C=N–C) groups is 3. The smallest absolute Gasteiger partial charge is 0.110 e. The van der Waals surface area contributed by atoms with E-state index < -0.39 is 0 Å². The van der Waals surface area contributed by atoms with Crippen molar-refractivity contribution in [2.45, 2.75) is 19.4 Å². The van der Waals surface area contributed by atoms with Gasteiger partial charge < -0.3 is 0 Å². The molecule has 0 radical (unpaired) electrons. The molecule has 0 aromatic carbocycles. The van der Waals surface area contributed by atoms with Crippen LogP contribution >= 0.6 is 0 Å². The van der Waals surface area contributed by atoms with Crippen LogP contribution in [0.15, 0.2) is 15.0 Å². The monoisotopic (exact) mass is 139 g/mol. The van der Waals surface area contributed by atoms with Crippen molar-refractivity contribution >= 4 is 19.3 Å². The van der Waals surface area contributed by atoms with Gasteiger partial charge in [-0.05, 0) is 20.6 Å². The molecule has 0 saturated carbocycles. The first-order valence-corrected chi connectivity index (χ1v) is 3.05. The first kappa shape index (κ1) is 9.01. The molecule has 0 atom stereocenters. The van der Waals surface area contributed by atoms with Gasteiger partial charge in [0.1, 0.15) is 6.34 Å². The minimum atomic E-state index is -0.254. The largest absolute Gasteiger partial charge is 0.298 e. The molecular weight excluding hydrogens is 126 g/mol. The summed E-state index contributed by atoms with van der Waals surface area (Å²) in [7, 11) is 1.72. The van der Waals surface area contributed by atoms with Gasteiger partial charge in [0.2, 0.25) is 0 Å². The number of hydrogen-bond acceptors (Lipinski definition) is 2. The molecule has 0 aliphatic rings. The van der Waals surface area contributed by atoms with Gasteiger partial charge in [-0.15, -0.1) is 0 Å². The zero-order valence-electron chi connectivity index (χ0n) is 6.70. The van der Waals surface area contributed by atoms with Gasteiger partial charge in [0.25, 0.3) is 0 Å². The van der Waals surface area contributed by atoms with Crippen molar-refractivity contribution in [1.82, 2.24) is 0 Å². The molecule has 10 heavy (non-hydrogen) atoms. The molecule has 0 heterocycles. The van der Waals surface area contributed by atoms with Gasteiger partial charge in [0.05, 0.1) is 5.54 Å². The molecule has 0 unspecified atom stereocenters. The number of hydrogen-bond donors (Lipinski definition) is 0. The molecule has 56 valence electrons. The Hall–Kier alpha value is -0.990. The van der Waals surface area contributed by atoms with E-state index in [9.17, 15) is 0 Å². The van der Waals surface area contributed by atoms with E-state index in [-0.39, 0.29) is 5.54 Å². The van der Waals surface area contributed by atoms with Crippen molar-refractivity contribution in [1.29, 1.82) is 0 Å². The van der Waals surface area contributed by atoms with Gasteiger partial charge in [-0.25, -0.2) is 0 Å². The number of rotatable bonds is 3. The third-order valence-electron chi connectivity index (χ3n) is 0.917. The second-order valence-electron chi connectivity index (χ2n) is 2.47. The van der Waals surface area contributed by atoms with Crippen LogP contribution in [0.4, 0.5) is 0 Å². The highest BCUT2D eigenvalue weighted by atomic mass is 14.9. The van der Waals surface area contributed by atoms with Crippen molar-refractivity contribution in [2.24, 2.45) is 15.0 Å². The van der Waals surface area contributed by atoms with Crippen LogP contribution < -0.4 is 0 Å². The summed E-state index contributed by atoms with van der Waals surface area (Å²) in [4.78, 5) is 11.4. The third-order valence-corrected chi connectivity index (χ3v) is 0.917. The van der Waals surface area contributed by atoms with E-state index in [2.05, 4.69) is 21.7 Å². The molecule has 0 amide bonds. The zero-order valence-corrected chi connectivity index (χ0v) is 6.70. The van der Waals surface area contributed by atoms with E-state index in [1.807, 2.05) is 13.8 Å². The summed E-state index contributed by atoms with van der Waals surface area (Å²) in [5, 5.41) is 0. The lowest BCUT2D eigenvalue weighted by Gasteiger charge is -2.10. The normalized spacial score (nSPS) is 13.1. The van der Waals surface area contributed by atoms with Crippen molar-refractivity contribution in [3.63, 3.8) is 0 Å². The Balaban J connectivity index is 4.10. The summed E-state index contributed by atoms with van der Waals surface area (Å²) in [6.45, 7) is 7.17. The van der Waals surface area contributed by atoms with Crippen LogP contribution in [0.5, 0.6) is 0 Å². The fourth-order valence-electron chi connectivity index (χ4n) is 0.539. The van der Waals surface area contributed by atoms with Crippen molar-refractivity contribution in [3.05, 3.63) is 0 Å². The molecule has 3 heteroatoms. The van der Waals surface area contributed by atoms with Gasteiger partial charge in [-0.2, -0.15) is 0 Å². The summed E-state index contributed by atoms with van der Waals surface area (Å²) >= 11 is 0. The Bertz CT molecular complexity index is 156. The van der Waals surface area contributed by atoms with Gasteiger partial charge in [0.15, 0.2) is 0 Å². The van der Waals surface area contributed by atoms with Crippen LogP contribution in [0.25, 0.3) is 0 Å². The van der Waals surface area contributed by atoms with Crippen LogP contribution in [-0.4, -0.2) is 31.9 Å². The molecule has 0 aromatic heterocycles. The van der Waals surface area contributed by atoms with Crippen LogP contribution in [0.3, 0.4) is 0 Å². The van der Waals surface area contributed by atoms with Crippen LogP contribution in [0.1, 0.15) is 13.8 Å². The second-order valence-corrected chi connectivity index (χ2v) is 2.47. The second kappa shape index (κ2) is 3.93. The molecule has 0 spiro atoms. The van der Waals surface area contributed by atoms with Crippen LogP contribution in [0.2, 0.25) is 0 Å². The Morgan fingerprint density at radius 2 is 2.00 bits per heavy atom. The Kier molecular flexibility index (Phi) is 3.54. The maximum absolute atomic E-state index is 4.06. The van der Waals surface area contributed by atoms with Gasteiger partial charge in [0, 0.05) is 13.3 Å². The minimum Gasteiger partial charge on any atom is -0.298 e. The molecule has 0 saturated heterocycles. The predicted molar refractivity (Wildman–Crippen MR) is 46.5 cm³/mol. The van der Waals surface area contributed by atoms with Crippen LogP contribution in [-0.2, 0) is 0 Å². The maximum Gasteiger partial charge on any atom is 0.110 e. The van der Waals surface area contributed by atoms with Crippen LogP contribution in [0, 0.1) is 0 Å². The highest BCUT2D eigenvalue weighted by molar-refractivity contribution is 5.73. The third kappa shape index (κ3) is 3.95. The highest BCUT2D eigenvalue weighted by Crippen LogP contribution is 2.03. The molecule has 3 nitrogen and oxygen atoms in total. The summed E-state index contributed by atoms with van der Waals surface area (Å²) in [5.41, 5.74) is -0.254. The van der Waals surface area contributed by atoms with E-state index in [0.29, 0.717) is 0 Å². The standard InChI is InChI=1S/C7H13N3/c1-7(2,5-8-3)10-6-9-4/h5-6H,4H2,1-3H3. The minimum absolute atomic E-state index is 0.254. The zero-order chi connectivity index (χ0) is 8.04. The summed E-state index contributed by atoms with van der Waals surface area (Å²) < 4.78 is 0. The quantitative estimate of drug-likeness (QED) is 0.416.